The van der Waals surface area contributed by atoms with Crippen LogP contribution in [0.25, 0.3) is 0 Å². The minimum Gasteiger partial charge on any atom is -0.303 e. The second-order valence-electron chi connectivity index (χ2n) is 3.43. The monoisotopic (exact) mass is 207 g/mol. The molecule has 0 spiro atoms. The summed E-state index contributed by atoms with van der Waals surface area (Å²) in [4.78, 5) is 20.5. The molecule has 0 saturated carbocycles. The van der Waals surface area contributed by atoms with Crippen LogP contribution in [0.5, 0.6) is 0 Å². The molecule has 0 aromatic heterocycles. The highest BCUT2D eigenvalue weighted by Crippen LogP contribution is 2.10. The third-order valence-electron chi connectivity index (χ3n) is 2.22. The SMILES string of the molecule is O=CC(CC[N+](=O)[O-])Cc1ccccc1. The average Bonchev–Trinajstić information content (AvgIpc) is 2.25. The molecule has 0 N–H and O–H groups in total. The minimum atomic E-state index is -0.387. The molecular formula is C11H13NO3. The lowest BCUT2D eigenvalue weighted by atomic mass is 9.98. The van der Waals surface area contributed by atoms with Crippen LogP contribution in [-0.2, 0) is 11.2 Å². The van der Waals surface area contributed by atoms with E-state index in [0.717, 1.165) is 11.8 Å². The molecule has 0 amide bonds. The topological polar surface area (TPSA) is 60.2 Å². The summed E-state index contributed by atoms with van der Waals surface area (Å²) in [5, 5.41) is 10.2. The molecule has 0 radical (unpaired) electrons. The van der Waals surface area contributed by atoms with E-state index in [1.54, 1.807) is 0 Å². The van der Waals surface area contributed by atoms with Crippen molar-refractivity contribution in [3.05, 3.63) is 46.0 Å². The van der Waals surface area contributed by atoms with Crippen LogP contribution in [0.3, 0.4) is 0 Å². The third-order valence-corrected chi connectivity index (χ3v) is 2.22. The number of hydrogen-bond acceptors (Lipinski definition) is 3. The smallest absolute Gasteiger partial charge is 0.204 e. The second-order valence-corrected chi connectivity index (χ2v) is 3.43. The maximum atomic E-state index is 10.7. The Kier molecular flexibility index (Phi) is 4.47. The molecule has 1 aromatic rings. The maximum absolute atomic E-state index is 10.7. The molecule has 0 saturated heterocycles. The van der Waals surface area contributed by atoms with Gasteiger partial charge in [-0.15, -0.1) is 0 Å². The Morgan fingerprint density at radius 2 is 2.00 bits per heavy atom. The summed E-state index contributed by atoms with van der Waals surface area (Å²) in [6.07, 6.45) is 1.69. The molecular weight excluding hydrogens is 194 g/mol. The van der Waals surface area contributed by atoms with Gasteiger partial charge in [-0.05, 0) is 12.0 Å². The molecule has 1 rings (SSSR count). The third kappa shape index (κ3) is 4.35. The van der Waals surface area contributed by atoms with Crippen molar-refractivity contribution in [3.8, 4) is 0 Å². The highest BCUT2D eigenvalue weighted by molar-refractivity contribution is 5.54. The molecule has 80 valence electrons. The molecule has 0 aliphatic carbocycles. The Bertz CT molecular complexity index is 324. The first-order valence-corrected chi connectivity index (χ1v) is 4.83. The van der Waals surface area contributed by atoms with Gasteiger partial charge in [0.25, 0.3) is 0 Å². The lowest BCUT2D eigenvalue weighted by Gasteiger charge is -2.07. The van der Waals surface area contributed by atoms with Gasteiger partial charge in [-0.25, -0.2) is 0 Å². The van der Waals surface area contributed by atoms with Crippen LogP contribution < -0.4 is 0 Å². The minimum absolute atomic E-state index is 0.143. The largest absolute Gasteiger partial charge is 0.303 e. The van der Waals surface area contributed by atoms with Crippen molar-refractivity contribution < 1.29 is 9.72 Å². The Labute approximate surface area is 88.1 Å². The number of benzene rings is 1. The number of nitrogens with zero attached hydrogens (tertiary/aromatic N) is 1. The number of nitro groups is 1. The van der Waals surface area contributed by atoms with Crippen molar-refractivity contribution in [1.82, 2.24) is 0 Å². The number of carbonyl (C=O) groups excluding carboxylic acids is 1. The molecule has 0 aliphatic rings. The summed E-state index contributed by atoms with van der Waals surface area (Å²) >= 11 is 0. The van der Waals surface area contributed by atoms with Crippen LogP contribution >= 0.6 is 0 Å². The molecule has 0 bridgehead atoms. The first-order valence-electron chi connectivity index (χ1n) is 4.83. The Morgan fingerprint density at radius 3 is 2.53 bits per heavy atom. The molecule has 1 unspecified atom stereocenters. The van der Waals surface area contributed by atoms with E-state index in [-0.39, 0.29) is 17.4 Å². The molecule has 4 heteroatoms. The van der Waals surface area contributed by atoms with E-state index in [0.29, 0.717) is 12.8 Å². The zero-order valence-electron chi connectivity index (χ0n) is 8.33. The summed E-state index contributed by atoms with van der Waals surface area (Å²) in [6, 6.07) is 9.52. The Balaban J connectivity index is 2.47. The molecule has 15 heavy (non-hydrogen) atoms. The first kappa shape index (κ1) is 11.4. The molecule has 0 aliphatic heterocycles. The van der Waals surface area contributed by atoms with Crippen LogP contribution in [0.1, 0.15) is 12.0 Å². The van der Waals surface area contributed by atoms with Crippen LogP contribution in [0, 0.1) is 16.0 Å². The van der Waals surface area contributed by atoms with Gasteiger partial charge in [0, 0.05) is 17.3 Å². The van der Waals surface area contributed by atoms with E-state index < -0.39 is 0 Å². The van der Waals surface area contributed by atoms with Gasteiger partial charge < -0.3 is 4.79 Å². The second kappa shape index (κ2) is 5.90. The van der Waals surface area contributed by atoms with Crippen molar-refractivity contribution in [1.29, 1.82) is 0 Å². The zero-order chi connectivity index (χ0) is 11.1. The molecule has 4 nitrogen and oxygen atoms in total. The van der Waals surface area contributed by atoms with Gasteiger partial charge in [0.05, 0.1) is 0 Å². The highest BCUT2D eigenvalue weighted by atomic mass is 16.6. The normalized spacial score (nSPS) is 12.0. The molecule has 1 atom stereocenters. The Hall–Kier alpha value is -1.71. The number of hydrogen-bond donors (Lipinski definition) is 0. The first-order chi connectivity index (χ1) is 7.22. The average molecular weight is 207 g/mol. The van der Waals surface area contributed by atoms with Gasteiger partial charge >= 0.3 is 0 Å². The fourth-order valence-electron chi connectivity index (χ4n) is 1.41. The van der Waals surface area contributed by atoms with Gasteiger partial charge in [-0.2, -0.15) is 0 Å². The van der Waals surface area contributed by atoms with E-state index in [2.05, 4.69) is 0 Å². The lowest BCUT2D eigenvalue weighted by Crippen LogP contribution is -2.12. The highest BCUT2D eigenvalue weighted by Gasteiger charge is 2.11. The Morgan fingerprint density at radius 1 is 1.33 bits per heavy atom. The van der Waals surface area contributed by atoms with Gasteiger partial charge in [0.1, 0.15) is 6.29 Å². The van der Waals surface area contributed by atoms with Gasteiger partial charge in [0.15, 0.2) is 0 Å². The summed E-state index contributed by atoms with van der Waals surface area (Å²) in [7, 11) is 0. The van der Waals surface area contributed by atoms with Crippen molar-refractivity contribution in [2.45, 2.75) is 12.8 Å². The predicted octanol–water partition coefficient (Wildman–Crippen LogP) is 1.71. The van der Waals surface area contributed by atoms with Crippen LogP contribution in [0.4, 0.5) is 0 Å². The standard InChI is InChI=1S/C11H13NO3/c13-9-11(6-7-12(14)15)8-10-4-2-1-3-5-10/h1-5,9,11H,6-8H2. The van der Waals surface area contributed by atoms with E-state index in [1.807, 2.05) is 30.3 Å². The van der Waals surface area contributed by atoms with Gasteiger partial charge in [-0.3, -0.25) is 10.1 Å². The van der Waals surface area contributed by atoms with Crippen molar-refractivity contribution in [2.75, 3.05) is 6.54 Å². The lowest BCUT2D eigenvalue weighted by molar-refractivity contribution is -0.481. The quantitative estimate of drug-likeness (QED) is 0.405. The fourth-order valence-corrected chi connectivity index (χ4v) is 1.41. The van der Waals surface area contributed by atoms with E-state index >= 15 is 0 Å². The van der Waals surface area contributed by atoms with E-state index in [9.17, 15) is 14.9 Å². The number of rotatable bonds is 6. The number of aldehydes is 1. The number of carbonyl (C=O) groups is 1. The zero-order valence-corrected chi connectivity index (χ0v) is 8.33. The molecule has 1 aromatic carbocycles. The van der Waals surface area contributed by atoms with Gasteiger partial charge in [0.2, 0.25) is 6.54 Å². The predicted molar refractivity (Wildman–Crippen MR) is 56.2 cm³/mol. The van der Waals surface area contributed by atoms with Crippen molar-refractivity contribution >= 4 is 6.29 Å². The fraction of sp³-hybridized carbons (Fsp3) is 0.364. The summed E-state index contributed by atoms with van der Waals surface area (Å²) in [5.41, 5.74) is 1.04. The van der Waals surface area contributed by atoms with Crippen LogP contribution in [-0.4, -0.2) is 17.8 Å². The van der Waals surface area contributed by atoms with Gasteiger partial charge in [-0.1, -0.05) is 30.3 Å². The van der Waals surface area contributed by atoms with E-state index in [4.69, 9.17) is 0 Å². The molecule has 0 heterocycles. The van der Waals surface area contributed by atoms with Crippen molar-refractivity contribution in [3.63, 3.8) is 0 Å². The van der Waals surface area contributed by atoms with Crippen LogP contribution in [0.15, 0.2) is 30.3 Å². The van der Waals surface area contributed by atoms with E-state index in [1.165, 1.54) is 0 Å². The van der Waals surface area contributed by atoms with Crippen LogP contribution in [0.2, 0.25) is 0 Å². The summed E-state index contributed by atoms with van der Waals surface area (Å²) < 4.78 is 0. The maximum Gasteiger partial charge on any atom is 0.204 e. The summed E-state index contributed by atoms with van der Waals surface area (Å²) in [5.74, 6) is -0.252. The summed E-state index contributed by atoms with van der Waals surface area (Å²) in [6.45, 7) is -0.143. The van der Waals surface area contributed by atoms with Crippen molar-refractivity contribution in [2.24, 2.45) is 5.92 Å². The molecule has 0 fully saturated rings.